The molecule has 0 spiro atoms. The van der Waals surface area contributed by atoms with Gasteiger partial charge in [-0.15, -0.1) is 0 Å². The molecule has 0 saturated heterocycles. The molecule has 0 aromatic heterocycles. The van der Waals surface area contributed by atoms with Crippen LogP contribution in [0.25, 0.3) is 0 Å². The topological polar surface area (TPSA) is 26.3 Å². The first kappa shape index (κ1) is 16.0. The largest absolute Gasteiger partial charge is 0.489 e. The highest BCUT2D eigenvalue weighted by Crippen LogP contribution is 2.15. The lowest BCUT2D eigenvalue weighted by molar-refractivity contribution is -0.106. The Morgan fingerprint density at radius 2 is 1.65 bits per heavy atom. The van der Waals surface area contributed by atoms with Crippen molar-refractivity contribution in [1.82, 2.24) is 0 Å². The number of rotatable bonds is 4. The van der Waals surface area contributed by atoms with Gasteiger partial charge in [-0.3, -0.25) is 0 Å². The molecule has 0 unspecified atom stereocenters. The maximum absolute atomic E-state index is 8.81. The van der Waals surface area contributed by atoms with E-state index in [0.29, 0.717) is 6.61 Å². The van der Waals surface area contributed by atoms with E-state index in [1.165, 1.54) is 23.6 Å². The molecular weight excluding hydrogens is 248 g/mol. The van der Waals surface area contributed by atoms with Crippen molar-refractivity contribution in [2.75, 3.05) is 0 Å². The SMILES string of the molecule is CC=O.CCc1ccc(OCc2ccccc2C)cc1. The zero-order valence-corrected chi connectivity index (χ0v) is 12.4. The van der Waals surface area contributed by atoms with Crippen LogP contribution >= 0.6 is 0 Å². The van der Waals surface area contributed by atoms with Gasteiger partial charge in [0.1, 0.15) is 18.6 Å². The molecule has 0 aliphatic heterocycles. The van der Waals surface area contributed by atoms with Gasteiger partial charge in [-0.1, -0.05) is 43.3 Å². The van der Waals surface area contributed by atoms with Crippen LogP contribution in [0.2, 0.25) is 0 Å². The van der Waals surface area contributed by atoms with Crippen molar-refractivity contribution in [2.24, 2.45) is 0 Å². The van der Waals surface area contributed by atoms with Crippen molar-refractivity contribution in [3.8, 4) is 5.75 Å². The lowest BCUT2D eigenvalue weighted by Crippen LogP contribution is -1.97. The van der Waals surface area contributed by atoms with Crippen LogP contribution in [0.4, 0.5) is 0 Å². The Labute approximate surface area is 121 Å². The van der Waals surface area contributed by atoms with E-state index in [0.717, 1.165) is 18.5 Å². The lowest BCUT2D eigenvalue weighted by Gasteiger charge is -2.08. The Bertz CT molecular complexity index is 515. The summed E-state index contributed by atoms with van der Waals surface area (Å²) in [5, 5.41) is 0. The first-order valence-corrected chi connectivity index (χ1v) is 6.87. The van der Waals surface area contributed by atoms with Crippen LogP contribution in [-0.4, -0.2) is 6.29 Å². The maximum Gasteiger partial charge on any atom is 0.119 e. The van der Waals surface area contributed by atoms with Crippen LogP contribution < -0.4 is 4.74 Å². The molecule has 2 heteroatoms. The standard InChI is InChI=1S/C16H18O.C2H4O/c1-3-14-8-10-16(11-9-14)17-12-15-7-5-4-6-13(15)2;1-2-3/h4-11H,3,12H2,1-2H3;2H,1H3. The minimum absolute atomic E-state index is 0.637. The molecule has 0 bridgehead atoms. The first-order valence-electron chi connectivity index (χ1n) is 6.87. The highest BCUT2D eigenvalue weighted by atomic mass is 16.5. The zero-order chi connectivity index (χ0) is 14.8. The van der Waals surface area contributed by atoms with Gasteiger partial charge >= 0.3 is 0 Å². The average molecular weight is 270 g/mol. The van der Waals surface area contributed by atoms with E-state index in [1.807, 2.05) is 18.2 Å². The van der Waals surface area contributed by atoms with E-state index in [9.17, 15) is 0 Å². The third kappa shape index (κ3) is 5.27. The van der Waals surface area contributed by atoms with Crippen molar-refractivity contribution in [3.05, 3.63) is 65.2 Å². The molecule has 2 aromatic carbocycles. The number of benzene rings is 2. The molecule has 0 aliphatic rings. The molecule has 0 atom stereocenters. The quantitative estimate of drug-likeness (QED) is 0.772. The summed E-state index contributed by atoms with van der Waals surface area (Å²) in [6, 6.07) is 16.6. The van der Waals surface area contributed by atoms with Crippen molar-refractivity contribution in [1.29, 1.82) is 0 Å². The third-order valence-electron chi connectivity index (χ3n) is 2.99. The van der Waals surface area contributed by atoms with Gasteiger partial charge in [0.25, 0.3) is 0 Å². The number of hydrogen-bond donors (Lipinski definition) is 0. The molecular formula is C18H22O2. The second-order valence-electron chi connectivity index (χ2n) is 4.45. The van der Waals surface area contributed by atoms with E-state index in [-0.39, 0.29) is 0 Å². The van der Waals surface area contributed by atoms with Gasteiger partial charge in [-0.05, 0) is 49.1 Å². The predicted octanol–water partition coefficient (Wildman–Crippen LogP) is 4.34. The summed E-state index contributed by atoms with van der Waals surface area (Å²) in [4.78, 5) is 8.81. The van der Waals surface area contributed by atoms with Gasteiger partial charge in [-0.2, -0.15) is 0 Å². The van der Waals surface area contributed by atoms with Gasteiger partial charge in [0.15, 0.2) is 0 Å². The van der Waals surface area contributed by atoms with Crippen LogP contribution in [0, 0.1) is 6.92 Å². The number of aldehydes is 1. The van der Waals surface area contributed by atoms with Crippen LogP contribution in [-0.2, 0) is 17.8 Å². The number of carbonyl (C=O) groups is 1. The Kier molecular flexibility index (Phi) is 7.12. The van der Waals surface area contributed by atoms with E-state index < -0.39 is 0 Å². The fraction of sp³-hybridized carbons (Fsp3) is 0.278. The lowest BCUT2D eigenvalue weighted by atomic mass is 10.1. The molecule has 0 radical (unpaired) electrons. The van der Waals surface area contributed by atoms with Gasteiger partial charge in [0.2, 0.25) is 0 Å². The summed E-state index contributed by atoms with van der Waals surface area (Å²) in [5.74, 6) is 0.936. The van der Waals surface area contributed by atoms with Crippen LogP contribution in [0.3, 0.4) is 0 Å². The fourth-order valence-electron chi connectivity index (χ4n) is 1.75. The Morgan fingerprint density at radius 1 is 1.05 bits per heavy atom. The summed E-state index contributed by atoms with van der Waals surface area (Å²) in [6.45, 7) is 6.35. The molecule has 0 saturated carbocycles. The van der Waals surface area contributed by atoms with Crippen LogP contribution in [0.5, 0.6) is 5.75 Å². The smallest absolute Gasteiger partial charge is 0.119 e. The molecule has 0 heterocycles. The Hall–Kier alpha value is -2.09. The van der Waals surface area contributed by atoms with Crippen molar-refractivity contribution < 1.29 is 9.53 Å². The van der Waals surface area contributed by atoms with Crippen molar-refractivity contribution in [3.63, 3.8) is 0 Å². The molecule has 0 N–H and O–H groups in total. The molecule has 0 aliphatic carbocycles. The number of aryl methyl sites for hydroxylation is 2. The molecule has 20 heavy (non-hydrogen) atoms. The van der Waals surface area contributed by atoms with Gasteiger partial charge in [0.05, 0.1) is 0 Å². The molecule has 2 rings (SSSR count). The second-order valence-corrected chi connectivity index (χ2v) is 4.45. The predicted molar refractivity (Wildman–Crippen MR) is 83.1 cm³/mol. The van der Waals surface area contributed by atoms with Gasteiger partial charge in [0, 0.05) is 0 Å². The molecule has 0 amide bonds. The summed E-state index contributed by atoms with van der Waals surface area (Å²) in [5.41, 5.74) is 3.86. The molecule has 2 nitrogen and oxygen atoms in total. The van der Waals surface area contributed by atoms with E-state index in [2.05, 4.69) is 44.2 Å². The number of hydrogen-bond acceptors (Lipinski definition) is 2. The van der Waals surface area contributed by atoms with E-state index in [4.69, 9.17) is 9.53 Å². The highest BCUT2D eigenvalue weighted by molar-refractivity contribution is 5.44. The minimum Gasteiger partial charge on any atom is -0.489 e. The van der Waals surface area contributed by atoms with Crippen molar-refractivity contribution in [2.45, 2.75) is 33.8 Å². The zero-order valence-electron chi connectivity index (χ0n) is 12.4. The third-order valence-corrected chi connectivity index (χ3v) is 2.99. The van der Waals surface area contributed by atoms with Crippen molar-refractivity contribution >= 4 is 6.29 Å². The summed E-state index contributed by atoms with van der Waals surface area (Å²) < 4.78 is 5.77. The molecule has 106 valence electrons. The minimum atomic E-state index is 0.637. The summed E-state index contributed by atoms with van der Waals surface area (Å²) in [6.07, 6.45) is 1.82. The second kappa shape index (κ2) is 8.92. The number of ether oxygens (including phenoxy) is 1. The fourth-order valence-corrected chi connectivity index (χ4v) is 1.75. The van der Waals surface area contributed by atoms with Gasteiger partial charge < -0.3 is 9.53 Å². The number of carbonyl (C=O) groups excluding carboxylic acids is 1. The first-order chi connectivity index (χ1) is 9.71. The van der Waals surface area contributed by atoms with Gasteiger partial charge in [-0.25, -0.2) is 0 Å². The van der Waals surface area contributed by atoms with Crippen LogP contribution in [0.15, 0.2) is 48.5 Å². The molecule has 0 fully saturated rings. The summed E-state index contributed by atoms with van der Waals surface area (Å²) in [7, 11) is 0. The maximum atomic E-state index is 8.81. The van der Waals surface area contributed by atoms with Crippen LogP contribution in [0.1, 0.15) is 30.5 Å². The Morgan fingerprint density at radius 3 is 2.20 bits per heavy atom. The highest BCUT2D eigenvalue weighted by Gasteiger charge is 1.98. The summed E-state index contributed by atoms with van der Waals surface area (Å²) >= 11 is 0. The average Bonchev–Trinajstić information content (AvgIpc) is 2.48. The Balaban J connectivity index is 0.000000612. The molecule has 2 aromatic rings. The normalized spacial score (nSPS) is 9.35. The van der Waals surface area contributed by atoms with E-state index >= 15 is 0 Å². The monoisotopic (exact) mass is 270 g/mol. The van der Waals surface area contributed by atoms with E-state index in [1.54, 1.807) is 0 Å².